The lowest BCUT2D eigenvalue weighted by atomic mass is 9.97. The maximum absolute atomic E-state index is 14.9. The highest BCUT2D eigenvalue weighted by Gasteiger charge is 2.16. The number of carbonyl (C=O) groups excluding carboxylic acids is 1. The molecule has 0 saturated carbocycles. The van der Waals surface area contributed by atoms with Crippen LogP contribution in [0.3, 0.4) is 0 Å². The van der Waals surface area contributed by atoms with Gasteiger partial charge in [-0.2, -0.15) is 0 Å². The van der Waals surface area contributed by atoms with E-state index in [1.54, 1.807) is 24.4 Å². The monoisotopic (exact) mass is 363 g/mol. The molecule has 1 amide bonds. The first-order valence-corrected chi connectivity index (χ1v) is 8.03. The van der Waals surface area contributed by atoms with Crippen molar-refractivity contribution in [1.82, 2.24) is 15.0 Å². The fraction of sp³-hybridized carbons (Fsp3) is 0.0526. The molecule has 3 aromatic heterocycles. The highest BCUT2D eigenvalue weighted by molar-refractivity contribution is 5.98. The number of nitrogens with two attached hydrogens (primary N) is 1. The van der Waals surface area contributed by atoms with Gasteiger partial charge >= 0.3 is 0 Å². The molecule has 8 heteroatoms. The second-order valence-corrected chi connectivity index (χ2v) is 5.93. The summed E-state index contributed by atoms with van der Waals surface area (Å²) in [7, 11) is 0. The minimum atomic E-state index is -0.547. The number of pyridine rings is 2. The van der Waals surface area contributed by atoms with Gasteiger partial charge in [0.2, 0.25) is 12.3 Å². The summed E-state index contributed by atoms with van der Waals surface area (Å²) in [5, 5.41) is 3.59. The molecule has 3 heterocycles. The summed E-state index contributed by atoms with van der Waals surface area (Å²) in [4.78, 5) is 23.1. The van der Waals surface area contributed by atoms with Crippen molar-refractivity contribution in [1.29, 1.82) is 0 Å². The lowest BCUT2D eigenvalue weighted by Crippen LogP contribution is -2.00. The number of nitrogens with zero attached hydrogens (tertiary/aromatic N) is 3. The normalized spacial score (nSPS) is 10.9. The molecular formula is C19H14FN5O2. The SMILES string of the molecule is Cc1cc(-c2ncco2)ncc1-c1cc2cc(NC=O)ncc2c(N)c1F. The summed E-state index contributed by atoms with van der Waals surface area (Å²) in [5.74, 6) is 0.191. The van der Waals surface area contributed by atoms with E-state index in [-0.39, 0.29) is 5.69 Å². The molecule has 134 valence electrons. The van der Waals surface area contributed by atoms with Crippen LogP contribution in [0.4, 0.5) is 15.9 Å². The Morgan fingerprint density at radius 3 is 2.70 bits per heavy atom. The van der Waals surface area contributed by atoms with E-state index in [0.717, 1.165) is 5.56 Å². The van der Waals surface area contributed by atoms with E-state index in [4.69, 9.17) is 10.2 Å². The Hall–Kier alpha value is -3.81. The summed E-state index contributed by atoms with van der Waals surface area (Å²) in [5.41, 5.74) is 8.23. The summed E-state index contributed by atoms with van der Waals surface area (Å²) >= 11 is 0. The second-order valence-electron chi connectivity index (χ2n) is 5.93. The number of halogens is 1. The lowest BCUT2D eigenvalue weighted by molar-refractivity contribution is -0.105. The summed E-state index contributed by atoms with van der Waals surface area (Å²) < 4.78 is 20.2. The number of amides is 1. The average molecular weight is 363 g/mol. The van der Waals surface area contributed by atoms with Gasteiger partial charge in [-0.05, 0) is 36.1 Å². The lowest BCUT2D eigenvalue weighted by Gasteiger charge is -2.12. The van der Waals surface area contributed by atoms with Crippen molar-refractivity contribution in [3.63, 3.8) is 0 Å². The number of anilines is 2. The van der Waals surface area contributed by atoms with E-state index in [9.17, 15) is 9.18 Å². The Morgan fingerprint density at radius 1 is 1.15 bits per heavy atom. The van der Waals surface area contributed by atoms with Crippen molar-refractivity contribution < 1.29 is 13.6 Å². The van der Waals surface area contributed by atoms with Crippen molar-refractivity contribution in [2.45, 2.75) is 6.92 Å². The molecule has 3 N–H and O–H groups in total. The molecule has 7 nitrogen and oxygen atoms in total. The van der Waals surface area contributed by atoms with Gasteiger partial charge < -0.3 is 15.5 Å². The minimum absolute atomic E-state index is 0.0103. The van der Waals surface area contributed by atoms with E-state index >= 15 is 0 Å². The maximum atomic E-state index is 14.9. The number of hydrogen-bond donors (Lipinski definition) is 2. The van der Waals surface area contributed by atoms with Gasteiger partial charge in [0.1, 0.15) is 17.8 Å². The molecule has 1 aromatic carbocycles. The molecule has 27 heavy (non-hydrogen) atoms. The first-order chi connectivity index (χ1) is 13.1. The van der Waals surface area contributed by atoms with Crippen molar-refractivity contribution in [3.05, 3.63) is 54.4 Å². The molecule has 0 aliphatic carbocycles. The molecule has 0 saturated heterocycles. The average Bonchev–Trinajstić information content (AvgIpc) is 3.20. The van der Waals surface area contributed by atoms with E-state index in [2.05, 4.69) is 20.3 Å². The van der Waals surface area contributed by atoms with Crippen LogP contribution in [0, 0.1) is 12.7 Å². The molecular weight excluding hydrogens is 349 g/mol. The van der Waals surface area contributed by atoms with Crippen LogP contribution in [0.15, 0.2) is 47.5 Å². The van der Waals surface area contributed by atoms with E-state index < -0.39 is 5.82 Å². The summed E-state index contributed by atoms with van der Waals surface area (Å²) in [6, 6.07) is 5.06. The number of benzene rings is 1. The summed E-state index contributed by atoms with van der Waals surface area (Å²) in [6.45, 7) is 1.84. The van der Waals surface area contributed by atoms with Gasteiger partial charge in [0.25, 0.3) is 0 Å². The van der Waals surface area contributed by atoms with Gasteiger partial charge in [0.05, 0.1) is 11.9 Å². The zero-order valence-electron chi connectivity index (χ0n) is 14.2. The molecule has 0 bridgehead atoms. The van der Waals surface area contributed by atoms with Crippen molar-refractivity contribution in [2.75, 3.05) is 11.1 Å². The van der Waals surface area contributed by atoms with Gasteiger partial charge in [-0.15, -0.1) is 0 Å². The van der Waals surface area contributed by atoms with Gasteiger partial charge in [0.15, 0.2) is 5.82 Å². The Bertz CT molecular complexity index is 1160. The van der Waals surface area contributed by atoms with Crippen LogP contribution in [0.25, 0.3) is 33.5 Å². The Labute approximate surface area is 153 Å². The van der Waals surface area contributed by atoms with E-state index in [1.165, 1.54) is 18.7 Å². The van der Waals surface area contributed by atoms with Crippen molar-refractivity contribution in [2.24, 2.45) is 0 Å². The third kappa shape index (κ3) is 2.86. The topological polar surface area (TPSA) is 107 Å². The van der Waals surface area contributed by atoms with Crippen LogP contribution in [-0.2, 0) is 4.79 Å². The number of rotatable bonds is 4. The molecule has 0 fully saturated rings. The van der Waals surface area contributed by atoms with Crippen LogP contribution in [0.5, 0.6) is 0 Å². The second kappa shape index (κ2) is 6.49. The molecule has 4 rings (SSSR count). The zero-order chi connectivity index (χ0) is 19.0. The predicted octanol–water partition coefficient (Wildman–Crippen LogP) is 3.55. The summed E-state index contributed by atoms with van der Waals surface area (Å²) in [6.07, 6.45) is 6.51. The van der Waals surface area contributed by atoms with Crippen LogP contribution in [-0.4, -0.2) is 21.4 Å². The predicted molar refractivity (Wildman–Crippen MR) is 99.3 cm³/mol. The molecule has 0 unspecified atom stereocenters. The third-order valence-electron chi connectivity index (χ3n) is 4.26. The van der Waals surface area contributed by atoms with Gasteiger partial charge in [-0.3, -0.25) is 9.78 Å². The smallest absolute Gasteiger partial charge is 0.244 e. The van der Waals surface area contributed by atoms with E-state index in [0.29, 0.717) is 45.7 Å². The van der Waals surface area contributed by atoms with Gasteiger partial charge in [-0.1, -0.05) is 0 Å². The van der Waals surface area contributed by atoms with Gasteiger partial charge in [0, 0.05) is 28.9 Å². The van der Waals surface area contributed by atoms with Crippen LogP contribution >= 0.6 is 0 Å². The molecule has 0 spiro atoms. The third-order valence-corrected chi connectivity index (χ3v) is 4.26. The molecule has 0 radical (unpaired) electrons. The Balaban J connectivity index is 1.87. The molecule has 0 aliphatic rings. The number of aryl methyl sites for hydroxylation is 1. The minimum Gasteiger partial charge on any atom is -0.443 e. The maximum Gasteiger partial charge on any atom is 0.244 e. The highest BCUT2D eigenvalue weighted by atomic mass is 19.1. The first kappa shape index (κ1) is 16.6. The Morgan fingerprint density at radius 2 is 2.00 bits per heavy atom. The van der Waals surface area contributed by atoms with Crippen LogP contribution in [0.2, 0.25) is 0 Å². The number of nitrogens with one attached hydrogen (secondary N) is 1. The number of carbonyl (C=O) groups is 1. The fourth-order valence-corrected chi connectivity index (χ4v) is 2.94. The largest absolute Gasteiger partial charge is 0.443 e. The zero-order valence-corrected chi connectivity index (χ0v) is 14.2. The number of oxazole rings is 1. The van der Waals surface area contributed by atoms with Crippen molar-refractivity contribution in [3.8, 4) is 22.7 Å². The van der Waals surface area contributed by atoms with Crippen molar-refractivity contribution >= 4 is 28.7 Å². The molecule has 0 aliphatic heterocycles. The molecule has 0 atom stereocenters. The van der Waals surface area contributed by atoms with Crippen LogP contribution in [0.1, 0.15) is 5.56 Å². The highest BCUT2D eigenvalue weighted by Crippen LogP contribution is 2.35. The Kier molecular flexibility index (Phi) is 4.00. The quantitative estimate of drug-likeness (QED) is 0.424. The van der Waals surface area contributed by atoms with Gasteiger partial charge in [-0.25, -0.2) is 14.4 Å². The first-order valence-electron chi connectivity index (χ1n) is 8.03. The number of nitrogen functional groups attached to an aromatic ring is 1. The van der Waals surface area contributed by atoms with Crippen LogP contribution < -0.4 is 11.1 Å². The number of hydrogen-bond acceptors (Lipinski definition) is 6. The standard InChI is InChI=1S/C19H14FN5O2/c1-10-4-15(19-22-2-3-27-19)23-7-13(10)12-5-11-6-16(25-9-26)24-8-14(11)18(21)17(12)20/h2-9H,21H2,1H3,(H,24,25,26). The number of fused-ring (bicyclic) bond motifs is 1. The van der Waals surface area contributed by atoms with E-state index in [1.807, 2.05) is 6.92 Å². The molecule has 4 aromatic rings. The fourth-order valence-electron chi connectivity index (χ4n) is 2.94. The number of aromatic nitrogens is 3.